The minimum absolute atomic E-state index is 0.134. The lowest BCUT2D eigenvalue weighted by molar-refractivity contribution is -0.141. The quantitative estimate of drug-likeness (QED) is 0.607. The first-order valence-corrected chi connectivity index (χ1v) is 10.5. The highest BCUT2D eigenvalue weighted by molar-refractivity contribution is 7.13. The van der Waals surface area contributed by atoms with Crippen LogP contribution in [0.15, 0.2) is 36.1 Å². The molecule has 1 amide bonds. The zero-order valence-electron chi connectivity index (χ0n) is 16.3. The van der Waals surface area contributed by atoms with Gasteiger partial charge in [-0.2, -0.15) is 13.2 Å². The molecule has 4 heterocycles. The fourth-order valence-electron chi connectivity index (χ4n) is 3.63. The van der Waals surface area contributed by atoms with Crippen molar-refractivity contribution in [2.24, 2.45) is 0 Å². The van der Waals surface area contributed by atoms with Crippen LogP contribution in [0.4, 0.5) is 13.2 Å². The van der Waals surface area contributed by atoms with E-state index >= 15 is 0 Å². The van der Waals surface area contributed by atoms with Gasteiger partial charge in [0.05, 0.1) is 23.1 Å². The van der Waals surface area contributed by atoms with Crippen LogP contribution in [0.2, 0.25) is 0 Å². The van der Waals surface area contributed by atoms with E-state index in [1.807, 2.05) is 6.92 Å². The third kappa shape index (κ3) is 4.09. The van der Waals surface area contributed by atoms with E-state index in [1.54, 1.807) is 33.3 Å². The Morgan fingerprint density at radius 1 is 1.33 bits per heavy atom. The van der Waals surface area contributed by atoms with Gasteiger partial charge in [-0.1, -0.05) is 6.07 Å². The molecule has 10 heteroatoms. The Hall–Kier alpha value is -2.75. The highest BCUT2D eigenvalue weighted by Crippen LogP contribution is 2.34. The van der Waals surface area contributed by atoms with Crippen LogP contribution in [0.5, 0.6) is 0 Å². The molecule has 0 radical (unpaired) electrons. The van der Waals surface area contributed by atoms with Gasteiger partial charge >= 0.3 is 6.18 Å². The number of likely N-dealkylation sites (tertiary alicyclic amines) is 1. The highest BCUT2D eigenvalue weighted by Gasteiger charge is 2.36. The number of nitrogens with zero attached hydrogens (tertiary/aromatic N) is 5. The SMILES string of the molecule is CCn1cncc1C(=O)N1CCCC(c2nc(-c3cccs3)cc(C(F)(F)F)n2)C1. The van der Waals surface area contributed by atoms with E-state index in [4.69, 9.17) is 0 Å². The van der Waals surface area contributed by atoms with Crippen LogP contribution in [0.3, 0.4) is 0 Å². The van der Waals surface area contributed by atoms with Gasteiger partial charge in [0.15, 0.2) is 0 Å². The number of amides is 1. The lowest BCUT2D eigenvalue weighted by Crippen LogP contribution is -2.40. The van der Waals surface area contributed by atoms with Crippen molar-refractivity contribution in [3.63, 3.8) is 0 Å². The second-order valence-corrected chi connectivity index (χ2v) is 8.07. The lowest BCUT2D eigenvalue weighted by Gasteiger charge is -2.32. The van der Waals surface area contributed by atoms with Crippen LogP contribution in [0.1, 0.15) is 47.7 Å². The Kier molecular flexibility index (Phi) is 5.59. The second kappa shape index (κ2) is 8.17. The first-order chi connectivity index (χ1) is 14.4. The second-order valence-electron chi connectivity index (χ2n) is 7.13. The third-order valence-electron chi connectivity index (χ3n) is 5.15. The molecule has 3 aromatic rings. The van der Waals surface area contributed by atoms with Gasteiger partial charge in [0, 0.05) is 25.6 Å². The minimum atomic E-state index is -4.57. The van der Waals surface area contributed by atoms with E-state index in [2.05, 4.69) is 15.0 Å². The predicted molar refractivity (Wildman–Crippen MR) is 106 cm³/mol. The van der Waals surface area contributed by atoms with Gasteiger partial charge in [0.1, 0.15) is 17.2 Å². The highest BCUT2D eigenvalue weighted by atomic mass is 32.1. The first kappa shape index (κ1) is 20.5. The van der Waals surface area contributed by atoms with Crippen molar-refractivity contribution in [2.45, 2.75) is 38.4 Å². The van der Waals surface area contributed by atoms with Crippen LogP contribution in [-0.4, -0.2) is 43.4 Å². The molecule has 158 valence electrons. The number of thiophene rings is 1. The first-order valence-electron chi connectivity index (χ1n) is 9.66. The maximum Gasteiger partial charge on any atom is 0.433 e. The number of piperidine rings is 1. The summed E-state index contributed by atoms with van der Waals surface area (Å²) in [7, 11) is 0. The molecule has 4 rings (SSSR count). The van der Waals surface area contributed by atoms with Gasteiger partial charge in [0.25, 0.3) is 5.91 Å². The number of carbonyl (C=O) groups excluding carboxylic acids is 1. The molecule has 0 spiro atoms. The summed E-state index contributed by atoms with van der Waals surface area (Å²) < 4.78 is 42.2. The number of alkyl halides is 3. The molecule has 1 aliphatic heterocycles. The Labute approximate surface area is 175 Å². The zero-order chi connectivity index (χ0) is 21.3. The number of carbonyl (C=O) groups is 1. The lowest BCUT2D eigenvalue weighted by atomic mass is 9.96. The topological polar surface area (TPSA) is 63.9 Å². The Balaban J connectivity index is 1.64. The normalized spacial score (nSPS) is 17.3. The number of hydrogen-bond acceptors (Lipinski definition) is 5. The maximum absolute atomic E-state index is 13.5. The number of aromatic nitrogens is 4. The van der Waals surface area contributed by atoms with Crippen LogP contribution in [-0.2, 0) is 12.7 Å². The number of rotatable bonds is 4. The van der Waals surface area contributed by atoms with Crippen LogP contribution < -0.4 is 0 Å². The fraction of sp³-hybridized carbons (Fsp3) is 0.400. The third-order valence-corrected chi connectivity index (χ3v) is 6.05. The summed E-state index contributed by atoms with van der Waals surface area (Å²) >= 11 is 1.33. The number of halogens is 3. The summed E-state index contributed by atoms with van der Waals surface area (Å²) in [6.45, 7) is 3.35. The summed E-state index contributed by atoms with van der Waals surface area (Å²) in [6, 6.07) is 4.49. The van der Waals surface area contributed by atoms with Gasteiger partial charge in [-0.25, -0.2) is 15.0 Å². The average molecular weight is 435 g/mol. The molecule has 1 unspecified atom stereocenters. The molecule has 1 saturated heterocycles. The molecule has 0 saturated carbocycles. The zero-order valence-corrected chi connectivity index (χ0v) is 17.1. The number of hydrogen-bond donors (Lipinski definition) is 0. The summed E-state index contributed by atoms with van der Waals surface area (Å²) in [5.41, 5.74) is -0.222. The molecule has 1 fully saturated rings. The molecule has 1 atom stereocenters. The van der Waals surface area contributed by atoms with Crippen molar-refractivity contribution in [1.82, 2.24) is 24.4 Å². The van der Waals surface area contributed by atoms with E-state index in [-0.39, 0.29) is 29.9 Å². The molecular weight excluding hydrogens is 415 g/mol. The van der Waals surface area contributed by atoms with Crippen molar-refractivity contribution in [2.75, 3.05) is 13.1 Å². The Bertz CT molecular complexity index is 1030. The molecule has 0 N–H and O–H groups in total. The van der Waals surface area contributed by atoms with E-state index in [9.17, 15) is 18.0 Å². The fourth-order valence-corrected chi connectivity index (χ4v) is 4.32. The van der Waals surface area contributed by atoms with Gasteiger partial charge in [0.2, 0.25) is 0 Å². The molecule has 6 nitrogen and oxygen atoms in total. The minimum Gasteiger partial charge on any atom is -0.337 e. The largest absolute Gasteiger partial charge is 0.433 e. The van der Waals surface area contributed by atoms with Gasteiger partial charge in [-0.3, -0.25) is 4.79 Å². The van der Waals surface area contributed by atoms with Gasteiger partial charge < -0.3 is 9.47 Å². The van der Waals surface area contributed by atoms with E-state index in [0.717, 1.165) is 6.07 Å². The molecule has 0 aromatic carbocycles. The monoisotopic (exact) mass is 435 g/mol. The molecular formula is C20H20F3N5OS. The van der Waals surface area contributed by atoms with E-state index in [1.165, 1.54) is 17.5 Å². The van der Waals surface area contributed by atoms with E-state index in [0.29, 0.717) is 36.5 Å². The number of imidazole rings is 1. The molecule has 0 aliphatic carbocycles. The van der Waals surface area contributed by atoms with Crippen LogP contribution in [0, 0.1) is 0 Å². The molecule has 1 aliphatic rings. The molecule has 3 aromatic heterocycles. The van der Waals surface area contributed by atoms with Gasteiger partial charge in [-0.15, -0.1) is 11.3 Å². The Morgan fingerprint density at radius 3 is 2.87 bits per heavy atom. The Morgan fingerprint density at radius 2 is 2.17 bits per heavy atom. The smallest absolute Gasteiger partial charge is 0.337 e. The summed E-state index contributed by atoms with van der Waals surface area (Å²) in [4.78, 5) is 27.6. The molecule has 0 bridgehead atoms. The van der Waals surface area contributed by atoms with Gasteiger partial charge in [-0.05, 0) is 37.3 Å². The maximum atomic E-state index is 13.5. The van der Waals surface area contributed by atoms with Crippen molar-refractivity contribution < 1.29 is 18.0 Å². The standard InChI is InChI=1S/C20H20F3N5OS/c1-2-27-12-24-10-15(27)19(29)28-7-3-5-13(11-28)18-25-14(16-6-4-8-30-16)9-17(26-18)20(21,22)23/h4,6,8-10,12-13H,2-3,5,7,11H2,1H3. The summed E-state index contributed by atoms with van der Waals surface area (Å²) in [6.07, 6.45) is -0.156. The number of aryl methyl sites for hydroxylation is 1. The predicted octanol–water partition coefficient (Wildman–Crippen LogP) is 4.46. The summed E-state index contributed by atoms with van der Waals surface area (Å²) in [5.74, 6) is -0.402. The van der Waals surface area contributed by atoms with Crippen molar-refractivity contribution >= 4 is 17.2 Å². The van der Waals surface area contributed by atoms with Crippen molar-refractivity contribution in [1.29, 1.82) is 0 Å². The molecule has 30 heavy (non-hydrogen) atoms. The van der Waals surface area contributed by atoms with Crippen LogP contribution in [0.25, 0.3) is 10.6 Å². The summed E-state index contributed by atoms with van der Waals surface area (Å²) in [5, 5.41) is 1.79. The van der Waals surface area contributed by atoms with Crippen molar-refractivity contribution in [3.05, 3.63) is 53.3 Å². The van der Waals surface area contributed by atoms with E-state index < -0.39 is 11.9 Å². The average Bonchev–Trinajstić information content (AvgIpc) is 3.44. The van der Waals surface area contributed by atoms with Crippen molar-refractivity contribution in [3.8, 4) is 10.6 Å². The van der Waals surface area contributed by atoms with Crippen LogP contribution >= 0.6 is 11.3 Å².